The van der Waals surface area contributed by atoms with Gasteiger partial charge in [-0.1, -0.05) is 24.3 Å². The lowest BCUT2D eigenvalue weighted by atomic mass is 9.91. The molecule has 0 N–H and O–H groups in total. The fourth-order valence-electron chi connectivity index (χ4n) is 2.41. The normalized spacial score (nSPS) is 28.1. The Morgan fingerprint density at radius 3 is 2.43 bits per heavy atom. The maximum atomic E-state index is 5.86. The molecule has 2 aliphatic rings. The van der Waals surface area contributed by atoms with E-state index in [9.17, 15) is 0 Å². The van der Waals surface area contributed by atoms with E-state index in [-0.39, 0.29) is 12.2 Å². The number of methoxy groups -OCH3 is 1. The molecule has 1 aromatic carbocycles. The lowest BCUT2D eigenvalue weighted by molar-refractivity contribution is 0.0562. The van der Waals surface area contributed by atoms with E-state index >= 15 is 0 Å². The molecule has 2 nitrogen and oxygen atoms in total. The van der Waals surface area contributed by atoms with Gasteiger partial charge in [0, 0.05) is 5.57 Å². The maximum Gasteiger partial charge on any atom is 0.141 e. The van der Waals surface area contributed by atoms with Crippen LogP contribution in [0.5, 0.6) is 0 Å². The van der Waals surface area contributed by atoms with Crippen LogP contribution in [0.4, 0.5) is 0 Å². The van der Waals surface area contributed by atoms with Crippen LogP contribution < -0.4 is 0 Å². The van der Waals surface area contributed by atoms with Crippen molar-refractivity contribution in [2.45, 2.75) is 19.1 Å². The van der Waals surface area contributed by atoms with E-state index in [4.69, 9.17) is 9.47 Å². The Hall–Kier alpha value is -1.28. The standard InChI is InChI=1S/C12H12O2/c1-7-10-8-5-3-4-6-9(8)12(14-10)11(7)13-2/h3-6,10,12H,1-2H3. The summed E-state index contributed by atoms with van der Waals surface area (Å²) in [5.41, 5.74) is 3.78. The molecule has 1 aromatic rings. The van der Waals surface area contributed by atoms with Crippen molar-refractivity contribution in [3.63, 3.8) is 0 Å². The van der Waals surface area contributed by atoms with Gasteiger partial charge >= 0.3 is 0 Å². The van der Waals surface area contributed by atoms with E-state index in [1.165, 1.54) is 16.7 Å². The third-order valence-electron chi connectivity index (χ3n) is 3.07. The zero-order valence-corrected chi connectivity index (χ0v) is 8.28. The van der Waals surface area contributed by atoms with E-state index < -0.39 is 0 Å². The summed E-state index contributed by atoms with van der Waals surface area (Å²) in [5.74, 6) is 0.994. The largest absolute Gasteiger partial charge is 0.498 e. The molecular formula is C12H12O2. The first kappa shape index (κ1) is 8.06. The van der Waals surface area contributed by atoms with E-state index in [1.54, 1.807) is 7.11 Å². The van der Waals surface area contributed by atoms with Gasteiger partial charge in [0.25, 0.3) is 0 Å². The summed E-state index contributed by atoms with van der Waals surface area (Å²) in [6.07, 6.45) is 0.173. The number of hydrogen-bond donors (Lipinski definition) is 0. The van der Waals surface area contributed by atoms with Crippen molar-refractivity contribution in [3.05, 3.63) is 46.7 Å². The van der Waals surface area contributed by atoms with Crippen molar-refractivity contribution in [2.75, 3.05) is 7.11 Å². The monoisotopic (exact) mass is 188 g/mol. The predicted molar refractivity (Wildman–Crippen MR) is 52.7 cm³/mol. The second-order valence-corrected chi connectivity index (χ2v) is 3.78. The van der Waals surface area contributed by atoms with Crippen LogP contribution in [0.25, 0.3) is 0 Å². The van der Waals surface area contributed by atoms with Crippen LogP contribution in [-0.2, 0) is 9.47 Å². The fraction of sp³-hybridized carbons (Fsp3) is 0.333. The number of fused-ring (bicyclic) bond motifs is 5. The topological polar surface area (TPSA) is 18.5 Å². The highest BCUT2D eigenvalue weighted by atomic mass is 16.6. The summed E-state index contributed by atoms with van der Waals surface area (Å²) in [5, 5.41) is 0. The molecule has 2 aliphatic heterocycles. The van der Waals surface area contributed by atoms with E-state index in [0.29, 0.717) is 0 Å². The van der Waals surface area contributed by atoms with Crippen LogP contribution in [0.3, 0.4) is 0 Å². The summed E-state index contributed by atoms with van der Waals surface area (Å²) in [4.78, 5) is 0. The number of hydrogen-bond acceptors (Lipinski definition) is 2. The van der Waals surface area contributed by atoms with Crippen molar-refractivity contribution in [2.24, 2.45) is 0 Å². The molecule has 2 unspecified atom stereocenters. The predicted octanol–water partition coefficient (Wildman–Crippen LogP) is 2.73. The molecule has 0 aromatic heterocycles. The van der Waals surface area contributed by atoms with Crippen LogP contribution in [0, 0.1) is 0 Å². The minimum absolute atomic E-state index is 0.0428. The van der Waals surface area contributed by atoms with Gasteiger partial charge in [0.05, 0.1) is 7.11 Å². The molecule has 2 atom stereocenters. The van der Waals surface area contributed by atoms with Crippen LogP contribution in [0.2, 0.25) is 0 Å². The Morgan fingerprint density at radius 2 is 1.79 bits per heavy atom. The molecule has 0 saturated heterocycles. The quantitative estimate of drug-likeness (QED) is 0.674. The molecule has 0 fully saturated rings. The van der Waals surface area contributed by atoms with Crippen LogP contribution in [0.1, 0.15) is 30.3 Å². The third-order valence-corrected chi connectivity index (χ3v) is 3.07. The van der Waals surface area contributed by atoms with Gasteiger partial charge in [0.1, 0.15) is 18.0 Å². The Kier molecular flexibility index (Phi) is 1.50. The van der Waals surface area contributed by atoms with Gasteiger partial charge in [-0.05, 0) is 18.1 Å². The van der Waals surface area contributed by atoms with Gasteiger partial charge in [-0.2, -0.15) is 0 Å². The fourth-order valence-corrected chi connectivity index (χ4v) is 2.41. The molecule has 0 amide bonds. The van der Waals surface area contributed by atoms with E-state index in [2.05, 4.69) is 25.1 Å². The number of rotatable bonds is 1. The minimum atomic E-state index is 0.0428. The Morgan fingerprint density at radius 1 is 1.14 bits per heavy atom. The highest BCUT2D eigenvalue weighted by molar-refractivity contribution is 5.47. The molecule has 2 heteroatoms. The van der Waals surface area contributed by atoms with Gasteiger partial charge in [0.2, 0.25) is 0 Å². The first-order chi connectivity index (χ1) is 6.83. The zero-order chi connectivity index (χ0) is 9.71. The highest BCUT2D eigenvalue weighted by Gasteiger charge is 2.43. The van der Waals surface area contributed by atoms with Crippen LogP contribution in [0.15, 0.2) is 35.6 Å². The van der Waals surface area contributed by atoms with Gasteiger partial charge in [-0.25, -0.2) is 0 Å². The van der Waals surface area contributed by atoms with Crippen LogP contribution >= 0.6 is 0 Å². The van der Waals surface area contributed by atoms with Crippen molar-refractivity contribution in [1.82, 2.24) is 0 Å². The molecule has 14 heavy (non-hydrogen) atoms. The van der Waals surface area contributed by atoms with E-state index in [1.807, 2.05) is 6.07 Å². The molecule has 3 rings (SSSR count). The van der Waals surface area contributed by atoms with Crippen molar-refractivity contribution >= 4 is 0 Å². The smallest absolute Gasteiger partial charge is 0.141 e. The van der Waals surface area contributed by atoms with Gasteiger partial charge in [-0.3, -0.25) is 0 Å². The van der Waals surface area contributed by atoms with Gasteiger partial charge < -0.3 is 9.47 Å². The second kappa shape index (κ2) is 2.61. The lowest BCUT2D eigenvalue weighted by Crippen LogP contribution is -2.04. The molecule has 0 saturated carbocycles. The molecule has 2 heterocycles. The average molecular weight is 188 g/mol. The molecule has 0 aliphatic carbocycles. The van der Waals surface area contributed by atoms with Crippen molar-refractivity contribution < 1.29 is 9.47 Å². The maximum absolute atomic E-state index is 5.86. The second-order valence-electron chi connectivity index (χ2n) is 3.78. The summed E-state index contributed by atoms with van der Waals surface area (Å²) in [6.45, 7) is 2.08. The first-order valence-electron chi connectivity index (χ1n) is 4.82. The zero-order valence-electron chi connectivity index (χ0n) is 8.28. The summed E-state index contributed by atoms with van der Waals surface area (Å²) >= 11 is 0. The summed E-state index contributed by atoms with van der Waals surface area (Å²) < 4.78 is 11.2. The highest BCUT2D eigenvalue weighted by Crippen LogP contribution is 2.53. The number of benzene rings is 1. The Balaban J connectivity index is 2.17. The average Bonchev–Trinajstić information content (AvgIpc) is 2.74. The molecule has 72 valence electrons. The SMILES string of the molecule is COC1=C(C)C2OC1c1ccccc12. The van der Waals surface area contributed by atoms with Gasteiger partial charge in [0.15, 0.2) is 0 Å². The van der Waals surface area contributed by atoms with Crippen molar-refractivity contribution in [1.29, 1.82) is 0 Å². The summed E-state index contributed by atoms with van der Waals surface area (Å²) in [7, 11) is 1.71. The first-order valence-corrected chi connectivity index (χ1v) is 4.82. The third kappa shape index (κ3) is 0.794. The lowest BCUT2D eigenvalue weighted by Gasteiger charge is -2.15. The Bertz CT molecular complexity index is 420. The molecule has 0 spiro atoms. The number of ether oxygens (including phenoxy) is 2. The molecule has 0 radical (unpaired) electrons. The molecule has 2 bridgehead atoms. The van der Waals surface area contributed by atoms with E-state index in [0.717, 1.165) is 5.76 Å². The summed E-state index contributed by atoms with van der Waals surface area (Å²) in [6, 6.07) is 8.36. The Labute approximate surface area is 83.1 Å². The van der Waals surface area contributed by atoms with Gasteiger partial charge in [-0.15, -0.1) is 0 Å². The minimum Gasteiger partial charge on any atom is -0.498 e. The molecular weight excluding hydrogens is 176 g/mol. The van der Waals surface area contributed by atoms with Crippen molar-refractivity contribution in [3.8, 4) is 0 Å². The van der Waals surface area contributed by atoms with Crippen LogP contribution in [-0.4, -0.2) is 7.11 Å².